The Balaban J connectivity index is 1.67. The lowest BCUT2D eigenvalue weighted by Crippen LogP contribution is -2.32. The summed E-state index contributed by atoms with van der Waals surface area (Å²) in [6.45, 7) is 6.21. The number of nitrogens with one attached hydrogen (secondary N) is 3. The molecule has 1 aromatic carbocycles. The van der Waals surface area contributed by atoms with Gasteiger partial charge in [0.15, 0.2) is 0 Å². The van der Waals surface area contributed by atoms with Gasteiger partial charge in [0.1, 0.15) is 5.82 Å². The third-order valence-corrected chi connectivity index (χ3v) is 5.27. The van der Waals surface area contributed by atoms with E-state index in [-0.39, 0.29) is 11.5 Å². The van der Waals surface area contributed by atoms with Gasteiger partial charge in [-0.3, -0.25) is 9.59 Å². The highest BCUT2D eigenvalue weighted by atomic mass is 16.1. The van der Waals surface area contributed by atoms with Crippen LogP contribution in [-0.4, -0.2) is 29.0 Å². The van der Waals surface area contributed by atoms with Crippen LogP contribution in [0, 0.1) is 11.8 Å². The van der Waals surface area contributed by atoms with Gasteiger partial charge in [0.05, 0.1) is 0 Å². The Morgan fingerprint density at radius 1 is 1.30 bits per heavy atom. The smallest absolute Gasteiger partial charge is 0.251 e. The van der Waals surface area contributed by atoms with Gasteiger partial charge in [0, 0.05) is 29.4 Å². The van der Waals surface area contributed by atoms with E-state index in [1.807, 2.05) is 31.2 Å². The average Bonchev–Trinajstić information content (AvgIpc) is 2.68. The van der Waals surface area contributed by atoms with Crippen LogP contribution in [-0.2, 0) is 11.2 Å². The third-order valence-electron chi connectivity index (χ3n) is 5.27. The van der Waals surface area contributed by atoms with E-state index >= 15 is 0 Å². The molecule has 3 N–H and O–H groups in total. The van der Waals surface area contributed by atoms with Gasteiger partial charge in [-0.1, -0.05) is 26.0 Å². The number of nitrogens with zero attached hydrogens (tertiary/aromatic N) is 1. The number of carbonyl (C=O) groups is 1. The maximum atomic E-state index is 12.5. The van der Waals surface area contributed by atoms with E-state index in [4.69, 9.17) is 0 Å². The van der Waals surface area contributed by atoms with Crippen molar-refractivity contribution < 1.29 is 4.79 Å². The largest absolute Gasteiger partial charge is 0.326 e. The SMILES string of the molecule is CCc1cc(=O)[nH]c(-c2cccc(NC(=O)CC(C)C3CCNCC3)c2)n1. The van der Waals surface area contributed by atoms with Crippen molar-refractivity contribution in [2.45, 2.75) is 39.5 Å². The quantitative estimate of drug-likeness (QED) is 0.732. The number of anilines is 1. The fraction of sp³-hybridized carbons (Fsp3) is 0.476. The van der Waals surface area contributed by atoms with Crippen molar-refractivity contribution in [3.63, 3.8) is 0 Å². The molecule has 1 aliphatic rings. The van der Waals surface area contributed by atoms with Crippen LogP contribution in [0.4, 0.5) is 5.69 Å². The summed E-state index contributed by atoms with van der Waals surface area (Å²) in [5.41, 5.74) is 2.09. The van der Waals surface area contributed by atoms with Crippen LogP contribution in [0.3, 0.4) is 0 Å². The fourth-order valence-corrected chi connectivity index (χ4v) is 3.65. The first-order valence-corrected chi connectivity index (χ1v) is 9.76. The maximum Gasteiger partial charge on any atom is 0.251 e. The van der Waals surface area contributed by atoms with Gasteiger partial charge in [0.25, 0.3) is 5.56 Å². The zero-order valence-electron chi connectivity index (χ0n) is 16.0. The van der Waals surface area contributed by atoms with E-state index in [1.54, 1.807) is 0 Å². The van der Waals surface area contributed by atoms with Crippen LogP contribution in [0.5, 0.6) is 0 Å². The van der Waals surface area contributed by atoms with Crippen molar-refractivity contribution in [1.82, 2.24) is 15.3 Å². The minimum absolute atomic E-state index is 0.0296. The fourth-order valence-electron chi connectivity index (χ4n) is 3.65. The Morgan fingerprint density at radius 3 is 2.81 bits per heavy atom. The molecule has 1 amide bonds. The number of H-pyrrole nitrogens is 1. The topological polar surface area (TPSA) is 86.9 Å². The molecule has 6 nitrogen and oxygen atoms in total. The number of hydrogen-bond acceptors (Lipinski definition) is 4. The first-order valence-electron chi connectivity index (χ1n) is 9.76. The Bertz CT molecular complexity index is 840. The number of rotatable bonds is 6. The predicted molar refractivity (Wildman–Crippen MR) is 108 cm³/mol. The summed E-state index contributed by atoms with van der Waals surface area (Å²) >= 11 is 0. The number of carbonyl (C=O) groups excluding carboxylic acids is 1. The summed E-state index contributed by atoms with van der Waals surface area (Å²) in [4.78, 5) is 31.5. The van der Waals surface area contributed by atoms with E-state index in [1.165, 1.54) is 6.07 Å². The molecular weight excluding hydrogens is 340 g/mol. The normalized spacial score (nSPS) is 16.1. The summed E-state index contributed by atoms with van der Waals surface area (Å²) in [5, 5.41) is 6.36. The second kappa shape index (κ2) is 8.95. The molecule has 1 fully saturated rings. The standard InChI is InChI=1S/C21H28N4O2/c1-3-17-13-20(27)25-21(24-17)16-5-4-6-18(12-16)23-19(26)11-14(2)15-7-9-22-10-8-15/h4-6,12-15,22H,3,7-11H2,1-2H3,(H,23,26)(H,24,25,27). The van der Waals surface area contributed by atoms with Gasteiger partial charge in [-0.05, 0) is 56.3 Å². The second-order valence-electron chi connectivity index (χ2n) is 7.34. The van der Waals surface area contributed by atoms with Crippen LogP contribution in [0.2, 0.25) is 0 Å². The number of amides is 1. The minimum atomic E-state index is -0.165. The molecule has 1 saturated heterocycles. The van der Waals surface area contributed by atoms with Gasteiger partial charge in [-0.15, -0.1) is 0 Å². The molecule has 1 unspecified atom stereocenters. The molecule has 27 heavy (non-hydrogen) atoms. The lowest BCUT2D eigenvalue weighted by atomic mass is 9.84. The number of benzene rings is 1. The van der Waals surface area contributed by atoms with Crippen molar-refractivity contribution in [1.29, 1.82) is 0 Å². The molecule has 0 spiro atoms. The number of aromatic nitrogens is 2. The van der Waals surface area contributed by atoms with Crippen LogP contribution in [0.25, 0.3) is 11.4 Å². The van der Waals surface area contributed by atoms with E-state index in [9.17, 15) is 9.59 Å². The Morgan fingerprint density at radius 2 is 2.07 bits per heavy atom. The number of aromatic amines is 1. The highest BCUT2D eigenvalue weighted by Gasteiger charge is 2.22. The highest BCUT2D eigenvalue weighted by Crippen LogP contribution is 2.25. The number of hydrogen-bond donors (Lipinski definition) is 3. The summed E-state index contributed by atoms with van der Waals surface area (Å²) in [6.07, 6.45) is 3.49. The summed E-state index contributed by atoms with van der Waals surface area (Å²) < 4.78 is 0. The molecule has 2 heterocycles. The molecule has 1 atom stereocenters. The minimum Gasteiger partial charge on any atom is -0.326 e. The lowest BCUT2D eigenvalue weighted by Gasteiger charge is -2.27. The third kappa shape index (κ3) is 5.26. The van der Waals surface area contributed by atoms with Crippen molar-refractivity contribution in [2.75, 3.05) is 18.4 Å². The van der Waals surface area contributed by atoms with Crippen molar-refractivity contribution in [3.8, 4) is 11.4 Å². The van der Waals surface area contributed by atoms with Crippen LogP contribution >= 0.6 is 0 Å². The van der Waals surface area contributed by atoms with Crippen molar-refractivity contribution in [3.05, 3.63) is 46.4 Å². The van der Waals surface area contributed by atoms with Gasteiger partial charge in [-0.2, -0.15) is 0 Å². The molecule has 6 heteroatoms. The zero-order valence-corrected chi connectivity index (χ0v) is 16.0. The Hall–Kier alpha value is -2.47. The van der Waals surface area contributed by atoms with Crippen LogP contribution in [0.1, 0.15) is 38.8 Å². The molecular formula is C21H28N4O2. The lowest BCUT2D eigenvalue weighted by molar-refractivity contribution is -0.117. The van der Waals surface area contributed by atoms with E-state index in [0.29, 0.717) is 30.5 Å². The average molecular weight is 368 g/mol. The molecule has 3 rings (SSSR count). The van der Waals surface area contributed by atoms with E-state index in [2.05, 4.69) is 27.5 Å². The molecule has 1 aromatic heterocycles. The van der Waals surface area contributed by atoms with Crippen LogP contribution in [0.15, 0.2) is 35.1 Å². The van der Waals surface area contributed by atoms with Gasteiger partial charge >= 0.3 is 0 Å². The molecule has 0 aliphatic carbocycles. The highest BCUT2D eigenvalue weighted by molar-refractivity contribution is 5.91. The maximum absolute atomic E-state index is 12.5. The van der Waals surface area contributed by atoms with Gasteiger partial charge in [0.2, 0.25) is 5.91 Å². The first kappa shape index (κ1) is 19.3. The Kier molecular flexibility index (Phi) is 6.40. The Labute approximate surface area is 159 Å². The number of piperidine rings is 1. The van der Waals surface area contributed by atoms with Crippen LogP contribution < -0.4 is 16.2 Å². The monoisotopic (exact) mass is 368 g/mol. The molecule has 0 radical (unpaired) electrons. The van der Waals surface area contributed by atoms with Crippen molar-refractivity contribution in [2.24, 2.45) is 11.8 Å². The van der Waals surface area contributed by atoms with Crippen molar-refractivity contribution >= 4 is 11.6 Å². The summed E-state index contributed by atoms with van der Waals surface area (Å²) in [7, 11) is 0. The molecule has 2 aromatic rings. The number of aryl methyl sites for hydroxylation is 1. The van der Waals surface area contributed by atoms with Gasteiger partial charge < -0.3 is 15.6 Å². The first-order chi connectivity index (χ1) is 13.0. The molecule has 1 aliphatic heterocycles. The zero-order chi connectivity index (χ0) is 19.2. The summed E-state index contributed by atoms with van der Waals surface area (Å²) in [6, 6.07) is 8.96. The molecule has 144 valence electrons. The van der Waals surface area contributed by atoms with E-state index < -0.39 is 0 Å². The van der Waals surface area contributed by atoms with Gasteiger partial charge in [-0.25, -0.2) is 4.98 Å². The molecule has 0 saturated carbocycles. The predicted octanol–water partition coefficient (Wildman–Crippen LogP) is 2.96. The molecule has 0 bridgehead atoms. The second-order valence-corrected chi connectivity index (χ2v) is 7.34. The van der Waals surface area contributed by atoms with E-state index in [0.717, 1.165) is 42.9 Å². The summed E-state index contributed by atoms with van der Waals surface area (Å²) in [5.74, 6) is 1.53.